The van der Waals surface area contributed by atoms with Crippen LogP contribution in [0.3, 0.4) is 0 Å². The Hall–Kier alpha value is -0.140. The molecule has 0 heterocycles. The molecule has 2 heteroatoms. The van der Waals surface area contributed by atoms with Gasteiger partial charge in [0.2, 0.25) is 0 Å². The van der Waals surface area contributed by atoms with E-state index in [2.05, 4.69) is 6.92 Å². The van der Waals surface area contributed by atoms with Gasteiger partial charge >= 0.3 is 0 Å². The van der Waals surface area contributed by atoms with Crippen LogP contribution in [0.2, 0.25) is 0 Å². The molecule has 1 atom stereocenters. The average molecular weight is 190 g/mol. The summed E-state index contributed by atoms with van der Waals surface area (Å²) in [4.78, 5) is 0. The molecular weight excluding hydrogens is 170 g/mol. The van der Waals surface area contributed by atoms with Crippen molar-refractivity contribution < 1.29 is 8.78 Å². The standard InChI is InChI=1S/C11H20F2/c1-2-3-4-5-6-7-8-10-9-11(10,12)13/h10H,2-9H2,1H3/t10-/m1/s1. The Morgan fingerprint density at radius 3 is 2.15 bits per heavy atom. The van der Waals surface area contributed by atoms with E-state index < -0.39 is 5.92 Å². The highest BCUT2D eigenvalue weighted by Crippen LogP contribution is 2.51. The number of halogens is 2. The van der Waals surface area contributed by atoms with Crippen molar-refractivity contribution in [1.29, 1.82) is 0 Å². The first-order valence-corrected chi connectivity index (χ1v) is 5.54. The second-order valence-electron chi connectivity index (χ2n) is 4.22. The van der Waals surface area contributed by atoms with Crippen LogP contribution < -0.4 is 0 Å². The van der Waals surface area contributed by atoms with Gasteiger partial charge in [-0.15, -0.1) is 0 Å². The zero-order chi connectivity index (χ0) is 9.73. The van der Waals surface area contributed by atoms with Gasteiger partial charge in [-0.2, -0.15) is 0 Å². The molecule has 1 aliphatic rings. The number of alkyl halides is 2. The Morgan fingerprint density at radius 2 is 1.62 bits per heavy atom. The molecule has 1 aliphatic carbocycles. The first-order valence-electron chi connectivity index (χ1n) is 5.54. The molecule has 0 nitrogen and oxygen atoms in total. The van der Waals surface area contributed by atoms with Crippen molar-refractivity contribution in [3.05, 3.63) is 0 Å². The molecule has 1 fully saturated rings. The molecule has 0 aromatic carbocycles. The molecular formula is C11H20F2. The lowest BCUT2D eigenvalue weighted by atomic mass is 10.1. The highest BCUT2D eigenvalue weighted by Gasteiger charge is 2.55. The van der Waals surface area contributed by atoms with Crippen molar-refractivity contribution in [3.63, 3.8) is 0 Å². The SMILES string of the molecule is CCCCCCCC[C@@H]1CC1(F)F. The average Bonchev–Trinajstić information content (AvgIpc) is 2.67. The zero-order valence-corrected chi connectivity index (χ0v) is 8.49. The molecule has 1 rings (SSSR count). The van der Waals surface area contributed by atoms with Gasteiger partial charge in [-0.25, -0.2) is 8.78 Å². The predicted octanol–water partition coefficient (Wildman–Crippen LogP) is 4.39. The predicted molar refractivity (Wildman–Crippen MR) is 51.0 cm³/mol. The maximum absolute atomic E-state index is 12.4. The second kappa shape index (κ2) is 4.92. The van der Waals surface area contributed by atoms with Gasteiger partial charge in [0, 0.05) is 12.3 Å². The molecule has 0 aliphatic heterocycles. The van der Waals surface area contributed by atoms with Crippen molar-refractivity contribution in [2.24, 2.45) is 5.92 Å². The number of rotatable bonds is 7. The Bertz CT molecular complexity index is 143. The molecule has 13 heavy (non-hydrogen) atoms. The molecule has 78 valence electrons. The van der Waals surface area contributed by atoms with Gasteiger partial charge < -0.3 is 0 Å². The third-order valence-corrected chi connectivity index (χ3v) is 2.86. The van der Waals surface area contributed by atoms with E-state index in [1.165, 1.54) is 25.7 Å². The van der Waals surface area contributed by atoms with Crippen LogP contribution in [-0.2, 0) is 0 Å². The first kappa shape index (κ1) is 10.9. The topological polar surface area (TPSA) is 0 Å². The lowest BCUT2D eigenvalue weighted by Crippen LogP contribution is -1.93. The molecule has 0 saturated heterocycles. The molecule has 0 N–H and O–H groups in total. The van der Waals surface area contributed by atoms with Crippen LogP contribution >= 0.6 is 0 Å². The first-order chi connectivity index (χ1) is 6.17. The highest BCUT2D eigenvalue weighted by molar-refractivity contribution is 4.94. The summed E-state index contributed by atoms with van der Waals surface area (Å²) in [6.07, 6.45) is 8.10. The highest BCUT2D eigenvalue weighted by atomic mass is 19.3. The summed E-state index contributed by atoms with van der Waals surface area (Å²) in [6, 6.07) is 0. The summed E-state index contributed by atoms with van der Waals surface area (Å²) in [5.41, 5.74) is 0. The molecule has 1 saturated carbocycles. The summed E-state index contributed by atoms with van der Waals surface area (Å²) in [7, 11) is 0. The Balaban J connectivity index is 1.80. The van der Waals surface area contributed by atoms with E-state index in [0.717, 1.165) is 19.3 Å². The van der Waals surface area contributed by atoms with Gasteiger partial charge in [-0.1, -0.05) is 45.4 Å². The molecule has 0 aromatic heterocycles. The normalized spacial score (nSPS) is 24.7. The van der Waals surface area contributed by atoms with Crippen LogP contribution in [0.15, 0.2) is 0 Å². The van der Waals surface area contributed by atoms with Gasteiger partial charge in [-0.3, -0.25) is 0 Å². The van der Waals surface area contributed by atoms with E-state index in [1.54, 1.807) is 0 Å². The van der Waals surface area contributed by atoms with Crippen LogP contribution in [0.1, 0.15) is 58.3 Å². The fourth-order valence-electron chi connectivity index (χ4n) is 1.75. The maximum Gasteiger partial charge on any atom is 0.251 e. The zero-order valence-electron chi connectivity index (χ0n) is 8.49. The van der Waals surface area contributed by atoms with Gasteiger partial charge in [0.25, 0.3) is 5.92 Å². The van der Waals surface area contributed by atoms with Gasteiger partial charge in [0.1, 0.15) is 0 Å². The smallest absolute Gasteiger partial charge is 0.207 e. The Kier molecular flexibility index (Phi) is 4.14. The van der Waals surface area contributed by atoms with E-state index in [1.807, 2.05) is 0 Å². The van der Waals surface area contributed by atoms with E-state index in [0.29, 0.717) is 0 Å². The number of unbranched alkanes of at least 4 members (excludes halogenated alkanes) is 5. The second-order valence-corrected chi connectivity index (χ2v) is 4.22. The van der Waals surface area contributed by atoms with E-state index in [4.69, 9.17) is 0 Å². The van der Waals surface area contributed by atoms with Crippen molar-refractivity contribution >= 4 is 0 Å². The maximum atomic E-state index is 12.4. The fourth-order valence-corrected chi connectivity index (χ4v) is 1.75. The molecule has 0 aromatic rings. The summed E-state index contributed by atoms with van der Waals surface area (Å²) in [6.45, 7) is 2.19. The summed E-state index contributed by atoms with van der Waals surface area (Å²) in [5, 5.41) is 0. The van der Waals surface area contributed by atoms with Crippen molar-refractivity contribution in [2.45, 2.75) is 64.2 Å². The largest absolute Gasteiger partial charge is 0.251 e. The summed E-state index contributed by atoms with van der Waals surface area (Å²) < 4.78 is 24.9. The lowest BCUT2D eigenvalue weighted by molar-refractivity contribution is 0.0964. The van der Waals surface area contributed by atoms with Crippen molar-refractivity contribution in [1.82, 2.24) is 0 Å². The van der Waals surface area contributed by atoms with Gasteiger partial charge in [0.05, 0.1) is 0 Å². The minimum absolute atomic E-state index is 0.155. The minimum Gasteiger partial charge on any atom is -0.207 e. The Morgan fingerprint density at radius 1 is 1.08 bits per heavy atom. The van der Waals surface area contributed by atoms with Crippen LogP contribution in [-0.4, -0.2) is 5.92 Å². The molecule has 0 bridgehead atoms. The number of hydrogen-bond acceptors (Lipinski definition) is 0. The molecule has 0 spiro atoms. The number of hydrogen-bond donors (Lipinski definition) is 0. The van der Waals surface area contributed by atoms with Crippen LogP contribution in [0, 0.1) is 5.92 Å². The lowest BCUT2D eigenvalue weighted by Gasteiger charge is -1.99. The van der Waals surface area contributed by atoms with Crippen LogP contribution in [0.4, 0.5) is 8.78 Å². The van der Waals surface area contributed by atoms with Crippen molar-refractivity contribution in [2.75, 3.05) is 0 Å². The van der Waals surface area contributed by atoms with E-state index >= 15 is 0 Å². The minimum atomic E-state index is -2.29. The molecule has 0 radical (unpaired) electrons. The van der Waals surface area contributed by atoms with Gasteiger partial charge in [0.15, 0.2) is 0 Å². The molecule has 0 unspecified atom stereocenters. The Labute approximate surface area is 79.7 Å². The van der Waals surface area contributed by atoms with E-state index in [9.17, 15) is 8.78 Å². The van der Waals surface area contributed by atoms with Crippen LogP contribution in [0.25, 0.3) is 0 Å². The van der Waals surface area contributed by atoms with Gasteiger partial charge in [-0.05, 0) is 6.42 Å². The van der Waals surface area contributed by atoms with Crippen LogP contribution in [0.5, 0.6) is 0 Å². The third kappa shape index (κ3) is 4.06. The molecule has 0 amide bonds. The fraction of sp³-hybridized carbons (Fsp3) is 1.00. The third-order valence-electron chi connectivity index (χ3n) is 2.86. The quantitative estimate of drug-likeness (QED) is 0.522. The van der Waals surface area contributed by atoms with Crippen molar-refractivity contribution in [3.8, 4) is 0 Å². The summed E-state index contributed by atoms with van der Waals surface area (Å²) >= 11 is 0. The monoisotopic (exact) mass is 190 g/mol. The summed E-state index contributed by atoms with van der Waals surface area (Å²) in [5.74, 6) is -2.55. The van der Waals surface area contributed by atoms with E-state index in [-0.39, 0.29) is 12.3 Å².